The van der Waals surface area contributed by atoms with Crippen molar-refractivity contribution in [2.75, 3.05) is 19.0 Å². The van der Waals surface area contributed by atoms with Gasteiger partial charge >= 0.3 is 19.8 Å². The molecule has 0 spiro atoms. The van der Waals surface area contributed by atoms with Gasteiger partial charge in [-0.15, -0.1) is 0 Å². The second-order valence-corrected chi connectivity index (χ2v) is 13.9. The minimum atomic E-state index is -3.26. The number of unbranched alkanes of at least 4 members (excludes halogenated alkanes) is 13. The van der Waals surface area contributed by atoms with Crippen LogP contribution in [0, 0.1) is 0 Å². The highest BCUT2D eigenvalue weighted by molar-refractivity contribution is 7.92. The lowest BCUT2D eigenvalue weighted by atomic mass is 10.1. The molecule has 0 aromatic rings. The zero-order chi connectivity index (χ0) is 28.7. The van der Waals surface area contributed by atoms with Crippen molar-refractivity contribution < 1.29 is 37.5 Å². The van der Waals surface area contributed by atoms with Crippen LogP contribution in [0.2, 0.25) is 0 Å². The van der Waals surface area contributed by atoms with Gasteiger partial charge in [-0.05, 0) is 25.7 Å². The zero-order valence-electron chi connectivity index (χ0n) is 24.3. The molecule has 2 N–H and O–H groups in total. The maximum absolute atomic E-state index is 13.2. The van der Waals surface area contributed by atoms with E-state index in [1.807, 2.05) is 0 Å². The predicted molar refractivity (Wildman–Crippen MR) is 155 cm³/mol. The Labute approximate surface area is 233 Å². The highest BCUT2D eigenvalue weighted by atomic mass is 32.2. The van der Waals surface area contributed by atoms with Crippen LogP contribution in [0.4, 0.5) is 0 Å². The van der Waals surface area contributed by atoms with Crippen molar-refractivity contribution in [2.24, 2.45) is 0 Å². The van der Waals surface area contributed by atoms with E-state index in [1.54, 1.807) is 6.92 Å². The van der Waals surface area contributed by atoms with Gasteiger partial charge in [0.05, 0.1) is 17.6 Å². The molecular weight excluding hydrogens is 527 g/mol. The molecule has 0 saturated carbocycles. The summed E-state index contributed by atoms with van der Waals surface area (Å²) in [7, 11) is -4.74. The molecule has 0 fully saturated rings. The molecule has 0 saturated heterocycles. The Hall–Kier alpha value is -0.600. The molecule has 0 aliphatic rings. The molecular formula is C28H56O8PS+. The first-order chi connectivity index (χ1) is 18.2. The first-order valence-electron chi connectivity index (χ1n) is 15.0. The van der Waals surface area contributed by atoms with Crippen LogP contribution in [0.3, 0.4) is 0 Å². The van der Waals surface area contributed by atoms with E-state index in [4.69, 9.17) is 14.6 Å². The van der Waals surface area contributed by atoms with E-state index in [9.17, 15) is 22.9 Å². The SMILES string of the molecule is CCCCCCCCCCCCS(=O)(=O)C(CCCCCCC)CCOC(CC)OCC(O)([PH+]=O)C(=O)O. The van der Waals surface area contributed by atoms with Gasteiger partial charge in [0, 0.05) is 0 Å². The fraction of sp³-hybridized carbons (Fsp3) is 0.964. The van der Waals surface area contributed by atoms with Crippen molar-refractivity contribution in [2.45, 2.75) is 153 Å². The van der Waals surface area contributed by atoms with Gasteiger partial charge in [-0.3, -0.25) is 0 Å². The van der Waals surface area contributed by atoms with E-state index < -0.39 is 47.8 Å². The first-order valence-corrected chi connectivity index (χ1v) is 17.6. The quantitative estimate of drug-likeness (QED) is 0.0572. The van der Waals surface area contributed by atoms with E-state index >= 15 is 0 Å². The van der Waals surface area contributed by atoms with Crippen LogP contribution in [-0.2, 0) is 28.7 Å². The van der Waals surface area contributed by atoms with Crippen molar-refractivity contribution in [1.29, 1.82) is 0 Å². The van der Waals surface area contributed by atoms with E-state index in [0.29, 0.717) is 25.7 Å². The van der Waals surface area contributed by atoms with E-state index in [-0.39, 0.29) is 12.4 Å². The van der Waals surface area contributed by atoms with Crippen LogP contribution in [0.5, 0.6) is 0 Å². The number of ether oxygens (including phenoxy) is 2. The second-order valence-electron chi connectivity index (χ2n) is 10.4. The fourth-order valence-electron chi connectivity index (χ4n) is 4.40. The smallest absolute Gasteiger partial charge is 0.390 e. The molecule has 0 aliphatic carbocycles. The molecule has 0 rings (SSSR count). The third-order valence-electron chi connectivity index (χ3n) is 7.00. The van der Waals surface area contributed by atoms with Gasteiger partial charge in [-0.1, -0.05) is 115 Å². The number of sulfone groups is 1. The number of aliphatic carboxylic acids is 1. The van der Waals surface area contributed by atoms with Crippen LogP contribution in [0.1, 0.15) is 136 Å². The van der Waals surface area contributed by atoms with Gasteiger partial charge in [-0.25, -0.2) is 13.2 Å². The van der Waals surface area contributed by atoms with Gasteiger partial charge in [0.2, 0.25) is 0 Å². The zero-order valence-corrected chi connectivity index (χ0v) is 26.1. The molecule has 4 atom stereocenters. The Morgan fingerprint density at radius 1 is 0.789 bits per heavy atom. The number of hydrogen-bond acceptors (Lipinski definition) is 7. The second kappa shape index (κ2) is 23.1. The third-order valence-corrected chi connectivity index (χ3v) is 10.0. The number of aliphatic hydroxyl groups is 1. The fourth-order valence-corrected chi connectivity index (χ4v) is 6.55. The van der Waals surface area contributed by atoms with Gasteiger partial charge in [0.1, 0.15) is 6.61 Å². The predicted octanol–water partition coefficient (Wildman–Crippen LogP) is 7.01. The van der Waals surface area contributed by atoms with Gasteiger partial charge in [-0.2, -0.15) is 0 Å². The first kappa shape index (κ1) is 37.4. The summed E-state index contributed by atoms with van der Waals surface area (Å²) in [5, 5.41) is 15.9. The molecule has 0 bridgehead atoms. The standard InChI is InChI=1S/C28H55O8PS/c1-4-7-9-11-12-13-14-15-17-19-23-38(33,34)25(20-18-16-10-8-5-2)21-22-35-26(6-3)36-24-28(31,37-32)27(29)30/h25-26,31H,4-24H2,1-3H3,(H,29,30)/p+1. The maximum atomic E-state index is 13.2. The maximum Gasteiger partial charge on any atom is 0.390 e. The average molecular weight is 584 g/mol. The number of carbonyl (C=O) groups is 1. The molecule has 4 unspecified atom stereocenters. The average Bonchev–Trinajstić information content (AvgIpc) is 2.89. The minimum Gasteiger partial charge on any atom is -0.476 e. The third kappa shape index (κ3) is 17.9. The van der Waals surface area contributed by atoms with Gasteiger partial charge in [0.15, 0.2) is 16.1 Å². The van der Waals surface area contributed by atoms with Crippen LogP contribution >= 0.6 is 8.46 Å². The Bertz CT molecular complexity index is 703. The van der Waals surface area contributed by atoms with Crippen molar-refractivity contribution in [3.63, 3.8) is 0 Å². The van der Waals surface area contributed by atoms with Crippen molar-refractivity contribution in [3.8, 4) is 0 Å². The van der Waals surface area contributed by atoms with E-state index in [0.717, 1.165) is 44.9 Å². The van der Waals surface area contributed by atoms with Gasteiger partial charge in [0.25, 0.3) is 0 Å². The molecule has 0 aliphatic heterocycles. The number of hydrogen-bond donors (Lipinski definition) is 2. The Balaban J connectivity index is 4.67. The lowest BCUT2D eigenvalue weighted by Gasteiger charge is -2.21. The summed E-state index contributed by atoms with van der Waals surface area (Å²) in [6.45, 7) is 5.63. The molecule has 10 heteroatoms. The molecule has 8 nitrogen and oxygen atoms in total. The number of carboxylic acid groups (broad SMARTS) is 1. The summed E-state index contributed by atoms with van der Waals surface area (Å²) in [6, 6.07) is 0. The van der Waals surface area contributed by atoms with E-state index in [2.05, 4.69) is 13.8 Å². The van der Waals surface area contributed by atoms with Crippen LogP contribution < -0.4 is 0 Å². The molecule has 0 radical (unpaired) electrons. The monoisotopic (exact) mass is 583 g/mol. The van der Waals surface area contributed by atoms with Crippen LogP contribution in [-0.4, -0.2) is 60.4 Å². The van der Waals surface area contributed by atoms with Crippen LogP contribution in [0.25, 0.3) is 0 Å². The Morgan fingerprint density at radius 3 is 1.76 bits per heavy atom. The summed E-state index contributed by atoms with van der Waals surface area (Å²) >= 11 is 0. The van der Waals surface area contributed by atoms with Crippen molar-refractivity contribution in [3.05, 3.63) is 0 Å². The topological polar surface area (TPSA) is 127 Å². The summed E-state index contributed by atoms with van der Waals surface area (Å²) in [6.07, 6.45) is 17.4. The molecule has 38 heavy (non-hydrogen) atoms. The molecule has 0 aromatic carbocycles. The number of rotatable bonds is 28. The van der Waals surface area contributed by atoms with Gasteiger partial charge < -0.3 is 19.7 Å². The highest BCUT2D eigenvalue weighted by Gasteiger charge is 2.46. The van der Waals surface area contributed by atoms with E-state index in [1.165, 1.54) is 44.9 Å². The summed E-state index contributed by atoms with van der Waals surface area (Å²) < 4.78 is 48.5. The summed E-state index contributed by atoms with van der Waals surface area (Å²) in [4.78, 5) is 11.1. The molecule has 0 amide bonds. The molecule has 0 aromatic heterocycles. The van der Waals surface area contributed by atoms with Crippen molar-refractivity contribution in [1.82, 2.24) is 0 Å². The normalized spacial score (nSPS) is 15.4. The summed E-state index contributed by atoms with van der Waals surface area (Å²) in [5.74, 6) is -1.42. The minimum absolute atomic E-state index is 0.153. The number of carboxylic acids is 1. The van der Waals surface area contributed by atoms with Crippen LogP contribution in [0.15, 0.2) is 0 Å². The lowest BCUT2D eigenvalue weighted by Crippen LogP contribution is -2.39. The molecule has 226 valence electrons. The Morgan fingerprint density at radius 2 is 1.29 bits per heavy atom. The largest absolute Gasteiger partial charge is 0.476 e. The van der Waals surface area contributed by atoms with Crippen molar-refractivity contribution >= 4 is 24.3 Å². The highest BCUT2D eigenvalue weighted by Crippen LogP contribution is 2.23. The summed E-state index contributed by atoms with van der Waals surface area (Å²) in [5.41, 5.74) is 0. The lowest BCUT2D eigenvalue weighted by molar-refractivity contribution is -0.178. The molecule has 0 heterocycles. The Kier molecular flexibility index (Phi) is 22.8.